The van der Waals surface area contributed by atoms with Gasteiger partial charge in [-0.05, 0) is 60.9 Å². The Balaban J connectivity index is 1.50. The van der Waals surface area contributed by atoms with Crippen LogP contribution in [0.5, 0.6) is 0 Å². The number of rotatable bonds is 7. The van der Waals surface area contributed by atoms with Crippen LogP contribution >= 0.6 is 0 Å². The van der Waals surface area contributed by atoms with Gasteiger partial charge in [0.15, 0.2) is 5.82 Å². The molecule has 0 aliphatic heterocycles. The van der Waals surface area contributed by atoms with Gasteiger partial charge >= 0.3 is 0 Å². The van der Waals surface area contributed by atoms with E-state index < -0.39 is 0 Å². The molecule has 0 unspecified atom stereocenters. The van der Waals surface area contributed by atoms with Gasteiger partial charge in [0.1, 0.15) is 0 Å². The summed E-state index contributed by atoms with van der Waals surface area (Å²) in [6.45, 7) is 4.24. The van der Waals surface area contributed by atoms with Gasteiger partial charge in [0.2, 0.25) is 0 Å². The molecule has 1 aromatic heterocycles. The molecule has 3 rings (SSSR count). The number of hydrogen-bond acceptors (Lipinski definition) is 3. The summed E-state index contributed by atoms with van der Waals surface area (Å²) in [5.74, 6) is 2.60. The maximum atomic E-state index is 9.05. The zero-order chi connectivity index (χ0) is 19.1. The maximum Gasteiger partial charge on any atom is 0.159 e. The lowest BCUT2D eigenvalue weighted by atomic mass is 9.78. The minimum atomic E-state index is 0.708. The van der Waals surface area contributed by atoms with Crippen molar-refractivity contribution in [2.75, 3.05) is 0 Å². The van der Waals surface area contributed by atoms with Crippen molar-refractivity contribution in [1.82, 2.24) is 9.97 Å². The van der Waals surface area contributed by atoms with Gasteiger partial charge in [-0.25, -0.2) is 9.97 Å². The van der Waals surface area contributed by atoms with E-state index in [2.05, 4.69) is 23.0 Å². The third-order valence-corrected chi connectivity index (χ3v) is 6.08. The second-order valence-corrected chi connectivity index (χ2v) is 8.12. The molecule has 1 saturated carbocycles. The topological polar surface area (TPSA) is 49.6 Å². The van der Waals surface area contributed by atoms with Crippen molar-refractivity contribution >= 4 is 0 Å². The highest BCUT2D eigenvalue weighted by Gasteiger charge is 2.20. The SMILES string of the molecule is CCCCC1CCC(CCc2cnc(-c3ccc(C#N)c(C)c3)nc2)CC1. The normalized spacial score (nSPS) is 19.6. The molecule has 1 aliphatic rings. The molecule has 3 heteroatoms. The number of nitriles is 1. The molecule has 0 atom stereocenters. The number of aryl methyl sites for hydroxylation is 2. The second-order valence-electron chi connectivity index (χ2n) is 8.12. The number of nitrogens with zero attached hydrogens (tertiary/aromatic N) is 3. The average molecular weight is 362 g/mol. The first kappa shape index (κ1) is 19.5. The second kappa shape index (κ2) is 9.65. The zero-order valence-electron chi connectivity index (χ0n) is 16.7. The molecule has 0 radical (unpaired) electrons. The summed E-state index contributed by atoms with van der Waals surface area (Å²) < 4.78 is 0. The molecular formula is C24H31N3. The Labute approximate surface area is 163 Å². The lowest BCUT2D eigenvalue weighted by Crippen LogP contribution is -2.15. The van der Waals surface area contributed by atoms with E-state index >= 15 is 0 Å². The molecule has 1 heterocycles. The van der Waals surface area contributed by atoms with Crippen molar-refractivity contribution in [2.24, 2.45) is 11.8 Å². The van der Waals surface area contributed by atoms with E-state index in [0.717, 1.165) is 35.2 Å². The van der Waals surface area contributed by atoms with Crippen LogP contribution < -0.4 is 0 Å². The predicted octanol–water partition coefficient (Wildman–Crippen LogP) is 6.25. The van der Waals surface area contributed by atoms with E-state index in [0.29, 0.717) is 5.56 Å². The molecule has 2 aromatic rings. The molecule has 0 saturated heterocycles. The summed E-state index contributed by atoms with van der Waals surface area (Å²) in [7, 11) is 0. The Hall–Kier alpha value is -2.21. The Morgan fingerprint density at radius 1 is 1.04 bits per heavy atom. The summed E-state index contributed by atoms with van der Waals surface area (Å²) >= 11 is 0. The van der Waals surface area contributed by atoms with Crippen molar-refractivity contribution in [2.45, 2.75) is 71.6 Å². The first-order valence-corrected chi connectivity index (χ1v) is 10.5. The highest BCUT2D eigenvalue weighted by atomic mass is 14.9. The Morgan fingerprint density at radius 2 is 1.70 bits per heavy atom. The molecule has 0 N–H and O–H groups in total. The van der Waals surface area contributed by atoms with Crippen molar-refractivity contribution in [3.8, 4) is 17.5 Å². The summed E-state index contributed by atoms with van der Waals surface area (Å²) in [5, 5.41) is 9.05. The van der Waals surface area contributed by atoms with Crippen LogP contribution in [0.3, 0.4) is 0 Å². The Morgan fingerprint density at radius 3 is 2.30 bits per heavy atom. The van der Waals surface area contributed by atoms with Gasteiger partial charge in [-0.15, -0.1) is 0 Å². The monoisotopic (exact) mass is 361 g/mol. The van der Waals surface area contributed by atoms with Gasteiger partial charge in [0.05, 0.1) is 11.6 Å². The third kappa shape index (κ3) is 5.39. The molecule has 0 bridgehead atoms. The maximum absolute atomic E-state index is 9.05. The smallest absolute Gasteiger partial charge is 0.159 e. The van der Waals surface area contributed by atoms with Crippen LogP contribution in [0.15, 0.2) is 30.6 Å². The van der Waals surface area contributed by atoms with Gasteiger partial charge < -0.3 is 0 Å². The average Bonchev–Trinajstić information content (AvgIpc) is 2.72. The quantitative estimate of drug-likeness (QED) is 0.585. The van der Waals surface area contributed by atoms with Crippen molar-refractivity contribution < 1.29 is 0 Å². The minimum absolute atomic E-state index is 0.708. The fourth-order valence-electron chi connectivity index (χ4n) is 4.23. The molecule has 0 spiro atoms. The fraction of sp³-hybridized carbons (Fsp3) is 0.542. The summed E-state index contributed by atoms with van der Waals surface area (Å²) in [6, 6.07) is 7.97. The lowest BCUT2D eigenvalue weighted by molar-refractivity contribution is 0.250. The van der Waals surface area contributed by atoms with Crippen LogP contribution in [-0.4, -0.2) is 9.97 Å². The summed E-state index contributed by atoms with van der Waals surface area (Å²) in [5.41, 5.74) is 3.89. The van der Waals surface area contributed by atoms with Crippen molar-refractivity contribution in [3.63, 3.8) is 0 Å². The van der Waals surface area contributed by atoms with Gasteiger partial charge in [0.25, 0.3) is 0 Å². The standard InChI is InChI=1S/C24H31N3/c1-3-4-5-19-6-8-20(9-7-19)10-11-21-16-26-24(27-17-21)22-12-13-23(15-25)18(2)14-22/h12-14,16-17,19-20H,3-11H2,1-2H3. The molecule has 27 heavy (non-hydrogen) atoms. The number of hydrogen-bond donors (Lipinski definition) is 0. The molecular weight excluding hydrogens is 330 g/mol. The molecule has 1 aliphatic carbocycles. The molecule has 1 aromatic carbocycles. The van der Waals surface area contributed by atoms with Gasteiger partial charge in [-0.3, -0.25) is 0 Å². The van der Waals surface area contributed by atoms with E-state index in [9.17, 15) is 0 Å². The fourth-order valence-corrected chi connectivity index (χ4v) is 4.23. The zero-order valence-corrected chi connectivity index (χ0v) is 16.7. The van der Waals surface area contributed by atoms with Crippen molar-refractivity contribution in [1.29, 1.82) is 5.26 Å². The summed E-state index contributed by atoms with van der Waals surface area (Å²) in [6.07, 6.45) is 16.1. The van der Waals surface area contributed by atoms with Crippen LogP contribution in [-0.2, 0) is 6.42 Å². The van der Waals surface area contributed by atoms with E-state index in [4.69, 9.17) is 5.26 Å². The van der Waals surface area contributed by atoms with E-state index in [1.807, 2.05) is 37.5 Å². The Bertz CT molecular complexity index is 765. The lowest BCUT2D eigenvalue weighted by Gasteiger charge is -2.28. The van der Waals surface area contributed by atoms with Crippen LogP contribution in [0.4, 0.5) is 0 Å². The highest BCUT2D eigenvalue weighted by Crippen LogP contribution is 2.34. The van der Waals surface area contributed by atoms with E-state index in [1.165, 1.54) is 56.9 Å². The predicted molar refractivity (Wildman–Crippen MR) is 110 cm³/mol. The molecule has 0 amide bonds. The Kier molecular flexibility index (Phi) is 6.98. The summed E-state index contributed by atoms with van der Waals surface area (Å²) in [4.78, 5) is 9.12. The van der Waals surface area contributed by atoms with Crippen LogP contribution in [0.1, 0.15) is 75.0 Å². The van der Waals surface area contributed by atoms with Gasteiger partial charge in [0, 0.05) is 18.0 Å². The first-order chi connectivity index (χ1) is 13.2. The van der Waals surface area contributed by atoms with Crippen LogP contribution in [0.2, 0.25) is 0 Å². The third-order valence-electron chi connectivity index (χ3n) is 6.08. The van der Waals surface area contributed by atoms with Crippen molar-refractivity contribution in [3.05, 3.63) is 47.3 Å². The largest absolute Gasteiger partial charge is 0.236 e. The molecule has 3 nitrogen and oxygen atoms in total. The number of benzene rings is 1. The van der Waals surface area contributed by atoms with Gasteiger partial charge in [-0.2, -0.15) is 5.26 Å². The minimum Gasteiger partial charge on any atom is -0.236 e. The highest BCUT2D eigenvalue weighted by molar-refractivity contribution is 5.58. The van der Waals surface area contributed by atoms with E-state index in [1.54, 1.807) is 0 Å². The first-order valence-electron chi connectivity index (χ1n) is 10.5. The molecule has 1 fully saturated rings. The van der Waals surface area contributed by atoms with Gasteiger partial charge in [-0.1, -0.05) is 51.9 Å². The van der Waals surface area contributed by atoms with E-state index in [-0.39, 0.29) is 0 Å². The number of unbranched alkanes of at least 4 members (excludes halogenated alkanes) is 1. The number of aromatic nitrogens is 2. The molecule has 142 valence electrons. The van der Waals surface area contributed by atoms with Crippen LogP contribution in [0.25, 0.3) is 11.4 Å². The van der Waals surface area contributed by atoms with Crippen LogP contribution in [0, 0.1) is 30.1 Å².